The van der Waals surface area contributed by atoms with Gasteiger partial charge in [-0.3, -0.25) is 20.2 Å². The molecule has 7 nitrogen and oxygen atoms in total. The van der Waals surface area contributed by atoms with E-state index in [1.807, 2.05) is 19.1 Å². The van der Waals surface area contributed by atoms with Crippen LogP contribution < -0.4 is 15.4 Å². The minimum Gasteiger partial charge on any atom is -0.483 e. The number of carbonyl (C=O) groups is 1. The van der Waals surface area contributed by atoms with Gasteiger partial charge < -0.3 is 10.1 Å². The SMILES string of the molecule is Cc1cc(Br)ccc1OCC(=O)NC(=S)Nc1ccc([N+](=O)[O-])cc1. The van der Waals surface area contributed by atoms with Crippen LogP contribution in [0.2, 0.25) is 0 Å². The molecule has 130 valence electrons. The van der Waals surface area contributed by atoms with Crippen LogP contribution in [0.15, 0.2) is 46.9 Å². The van der Waals surface area contributed by atoms with Crippen molar-refractivity contribution in [3.8, 4) is 5.75 Å². The molecule has 0 radical (unpaired) electrons. The molecular formula is C16H14BrN3O4S. The van der Waals surface area contributed by atoms with Gasteiger partial charge in [0, 0.05) is 22.3 Å². The molecule has 0 saturated heterocycles. The van der Waals surface area contributed by atoms with Crippen LogP contribution in [0.3, 0.4) is 0 Å². The minimum atomic E-state index is -0.495. The lowest BCUT2D eigenvalue weighted by Gasteiger charge is -2.11. The maximum atomic E-state index is 11.9. The summed E-state index contributed by atoms with van der Waals surface area (Å²) in [5, 5.41) is 15.9. The zero-order valence-electron chi connectivity index (χ0n) is 13.1. The van der Waals surface area contributed by atoms with Gasteiger partial charge in [-0.2, -0.15) is 0 Å². The van der Waals surface area contributed by atoms with Gasteiger partial charge in [0.25, 0.3) is 11.6 Å². The fourth-order valence-corrected chi connectivity index (χ4v) is 2.62. The third kappa shape index (κ3) is 5.80. The first-order chi connectivity index (χ1) is 11.8. The lowest BCUT2D eigenvalue weighted by molar-refractivity contribution is -0.384. The third-order valence-corrected chi connectivity index (χ3v) is 3.78. The Kier molecular flexibility index (Phi) is 6.43. The van der Waals surface area contributed by atoms with Gasteiger partial charge in [-0.1, -0.05) is 15.9 Å². The van der Waals surface area contributed by atoms with Gasteiger partial charge in [0.1, 0.15) is 5.75 Å². The molecule has 0 atom stereocenters. The number of benzene rings is 2. The largest absolute Gasteiger partial charge is 0.483 e. The second-order valence-electron chi connectivity index (χ2n) is 5.00. The number of hydrogen-bond donors (Lipinski definition) is 2. The number of rotatable bonds is 5. The molecule has 0 bridgehead atoms. The normalized spacial score (nSPS) is 10.0. The first-order valence-corrected chi connectivity index (χ1v) is 8.29. The van der Waals surface area contributed by atoms with Crippen LogP contribution in [0.4, 0.5) is 11.4 Å². The quantitative estimate of drug-likeness (QED) is 0.433. The summed E-state index contributed by atoms with van der Waals surface area (Å²) >= 11 is 8.39. The molecule has 2 N–H and O–H groups in total. The first-order valence-electron chi connectivity index (χ1n) is 7.09. The monoisotopic (exact) mass is 423 g/mol. The summed E-state index contributed by atoms with van der Waals surface area (Å²) in [6.45, 7) is 1.68. The fraction of sp³-hybridized carbons (Fsp3) is 0.125. The van der Waals surface area contributed by atoms with Gasteiger partial charge in [0.05, 0.1) is 4.92 Å². The van der Waals surface area contributed by atoms with Crippen LogP contribution in [0, 0.1) is 17.0 Å². The Balaban J connectivity index is 1.83. The number of nitrogens with one attached hydrogen (secondary N) is 2. The van der Waals surface area contributed by atoms with Crippen LogP contribution in [0.25, 0.3) is 0 Å². The van der Waals surface area contributed by atoms with E-state index in [1.165, 1.54) is 24.3 Å². The van der Waals surface area contributed by atoms with Crippen LogP contribution in [0.5, 0.6) is 5.75 Å². The van der Waals surface area contributed by atoms with Crippen molar-refractivity contribution in [2.45, 2.75) is 6.92 Å². The molecule has 0 unspecified atom stereocenters. The number of non-ortho nitro benzene ring substituents is 1. The van der Waals surface area contributed by atoms with Crippen molar-refractivity contribution in [3.05, 3.63) is 62.6 Å². The number of amides is 1. The highest BCUT2D eigenvalue weighted by molar-refractivity contribution is 9.10. The number of anilines is 1. The number of thiocarbonyl (C=S) groups is 1. The molecule has 9 heteroatoms. The Morgan fingerprint density at radius 2 is 1.96 bits per heavy atom. The van der Waals surface area contributed by atoms with Crippen LogP contribution in [-0.2, 0) is 4.79 Å². The number of nitro groups is 1. The maximum Gasteiger partial charge on any atom is 0.269 e. The zero-order valence-corrected chi connectivity index (χ0v) is 15.5. The van der Waals surface area contributed by atoms with Crippen molar-refractivity contribution >= 4 is 50.5 Å². The molecule has 2 aromatic rings. The minimum absolute atomic E-state index is 0.0289. The summed E-state index contributed by atoms with van der Waals surface area (Å²) in [4.78, 5) is 22.0. The van der Waals surface area contributed by atoms with E-state index in [0.29, 0.717) is 11.4 Å². The average Bonchev–Trinajstić information content (AvgIpc) is 2.54. The highest BCUT2D eigenvalue weighted by Crippen LogP contribution is 2.22. The number of hydrogen-bond acceptors (Lipinski definition) is 5. The number of nitro benzene ring substituents is 1. The van der Waals surface area contributed by atoms with Crippen LogP contribution in [0.1, 0.15) is 5.56 Å². The van der Waals surface area contributed by atoms with E-state index >= 15 is 0 Å². The van der Waals surface area contributed by atoms with Gasteiger partial charge in [-0.05, 0) is 55.0 Å². The van der Waals surface area contributed by atoms with Crippen molar-refractivity contribution in [2.75, 3.05) is 11.9 Å². The standard InChI is InChI=1S/C16H14BrN3O4S/c1-10-8-11(17)2-7-14(10)24-9-15(21)19-16(25)18-12-3-5-13(6-4-12)20(22)23/h2-8H,9H2,1H3,(H2,18,19,21,25). The average molecular weight is 424 g/mol. The summed E-state index contributed by atoms with van der Waals surface area (Å²) in [6.07, 6.45) is 0. The molecular weight excluding hydrogens is 410 g/mol. The van der Waals surface area contributed by atoms with Gasteiger partial charge in [0.15, 0.2) is 11.7 Å². The number of ether oxygens (including phenoxy) is 1. The molecule has 0 fully saturated rings. The number of halogens is 1. The van der Waals surface area contributed by atoms with E-state index < -0.39 is 10.8 Å². The molecule has 1 amide bonds. The van der Waals surface area contributed by atoms with E-state index in [-0.39, 0.29) is 17.4 Å². The highest BCUT2D eigenvalue weighted by atomic mass is 79.9. The Hall–Kier alpha value is -2.52. The number of nitrogens with zero attached hydrogens (tertiary/aromatic N) is 1. The smallest absolute Gasteiger partial charge is 0.269 e. The molecule has 0 aromatic heterocycles. The third-order valence-electron chi connectivity index (χ3n) is 3.08. The predicted molar refractivity (Wildman–Crippen MR) is 102 cm³/mol. The zero-order chi connectivity index (χ0) is 18.4. The number of carbonyl (C=O) groups excluding carboxylic acids is 1. The van der Waals surface area contributed by atoms with Crippen molar-refractivity contribution < 1.29 is 14.5 Å². The van der Waals surface area contributed by atoms with E-state index in [0.717, 1.165) is 10.0 Å². The van der Waals surface area contributed by atoms with Crippen molar-refractivity contribution in [2.24, 2.45) is 0 Å². The Morgan fingerprint density at radius 3 is 2.56 bits per heavy atom. The Morgan fingerprint density at radius 1 is 1.28 bits per heavy atom. The van der Waals surface area contributed by atoms with E-state index in [4.69, 9.17) is 17.0 Å². The molecule has 0 aliphatic carbocycles. The topological polar surface area (TPSA) is 93.5 Å². The van der Waals surface area contributed by atoms with Gasteiger partial charge in [-0.15, -0.1) is 0 Å². The van der Waals surface area contributed by atoms with Crippen molar-refractivity contribution in [1.29, 1.82) is 0 Å². The molecule has 2 rings (SSSR count). The van der Waals surface area contributed by atoms with Crippen molar-refractivity contribution in [1.82, 2.24) is 5.32 Å². The summed E-state index contributed by atoms with van der Waals surface area (Å²) < 4.78 is 6.38. The first kappa shape index (κ1) is 18.8. The van der Waals surface area contributed by atoms with Gasteiger partial charge in [0.2, 0.25) is 0 Å². The van der Waals surface area contributed by atoms with Crippen molar-refractivity contribution in [3.63, 3.8) is 0 Å². The molecule has 0 heterocycles. The second kappa shape index (κ2) is 8.54. The molecule has 0 aliphatic rings. The summed E-state index contributed by atoms with van der Waals surface area (Å²) in [5.74, 6) is 0.189. The van der Waals surface area contributed by atoms with Crippen LogP contribution in [-0.4, -0.2) is 22.5 Å². The predicted octanol–water partition coefficient (Wildman–Crippen LogP) is 3.56. The lowest BCUT2D eigenvalue weighted by atomic mass is 10.2. The number of aryl methyl sites for hydroxylation is 1. The summed E-state index contributed by atoms with van der Waals surface area (Å²) in [6, 6.07) is 11.1. The fourth-order valence-electron chi connectivity index (χ4n) is 1.91. The van der Waals surface area contributed by atoms with E-state index in [2.05, 4.69) is 26.6 Å². The maximum absolute atomic E-state index is 11.9. The lowest BCUT2D eigenvalue weighted by Crippen LogP contribution is -2.37. The Labute approximate surface area is 157 Å². The second-order valence-corrected chi connectivity index (χ2v) is 6.33. The molecule has 25 heavy (non-hydrogen) atoms. The Bertz CT molecular complexity index is 812. The van der Waals surface area contributed by atoms with Gasteiger partial charge in [-0.25, -0.2) is 0 Å². The highest BCUT2D eigenvalue weighted by Gasteiger charge is 2.09. The van der Waals surface area contributed by atoms with Crippen LogP contribution >= 0.6 is 28.1 Å². The molecule has 0 spiro atoms. The van der Waals surface area contributed by atoms with Gasteiger partial charge >= 0.3 is 0 Å². The molecule has 0 aliphatic heterocycles. The molecule has 2 aromatic carbocycles. The molecule has 0 saturated carbocycles. The van der Waals surface area contributed by atoms with E-state index in [1.54, 1.807) is 6.07 Å². The summed E-state index contributed by atoms with van der Waals surface area (Å²) in [5.41, 5.74) is 1.40. The van der Waals surface area contributed by atoms with E-state index in [9.17, 15) is 14.9 Å². The summed E-state index contributed by atoms with van der Waals surface area (Å²) in [7, 11) is 0.